The highest BCUT2D eigenvalue weighted by Gasteiger charge is 2.50. The average molecular weight is 425 g/mol. The predicted octanol–water partition coefficient (Wildman–Crippen LogP) is -3.82. The topological polar surface area (TPSA) is 187 Å². The molecule has 0 saturated carbocycles. The van der Waals surface area contributed by atoms with Crippen LogP contribution in [0.25, 0.3) is 0 Å². The summed E-state index contributed by atoms with van der Waals surface area (Å²) in [5.41, 5.74) is 0. The van der Waals surface area contributed by atoms with E-state index in [4.69, 9.17) is 18.9 Å². The molecule has 7 N–H and O–H groups in total. The molecule has 12 heteroatoms. The van der Waals surface area contributed by atoms with E-state index in [1.807, 2.05) is 6.92 Å². The highest BCUT2D eigenvalue weighted by atomic mass is 16.7. The Balaban J connectivity index is 2.21. The largest absolute Gasteiger partial charge is 0.394 e. The second-order valence-corrected chi connectivity index (χ2v) is 7.15. The van der Waals surface area contributed by atoms with Crippen molar-refractivity contribution < 1.29 is 54.4 Å². The molecule has 1 amide bonds. The number of ether oxygens (including phenoxy) is 4. The standard InChI is InChI=1S/C17H31NO11/c1-3-4-26-6-9-15(13(23)14(24)16(25)27-9)29-17-10(18-7(2)20)12(22)11(21)8(5-19)28-17/h8-17,19,21-25H,3-6H2,1-2H3,(H,18,20)/t8-,9-,10-,11+,12-,13-,14-,15+,16-,17+/m1/s1. The van der Waals surface area contributed by atoms with Gasteiger partial charge < -0.3 is 54.9 Å². The van der Waals surface area contributed by atoms with E-state index in [2.05, 4.69) is 5.32 Å². The fourth-order valence-corrected chi connectivity index (χ4v) is 3.31. The first-order valence-electron chi connectivity index (χ1n) is 9.53. The summed E-state index contributed by atoms with van der Waals surface area (Å²) in [5.74, 6) is -0.542. The van der Waals surface area contributed by atoms with E-state index in [0.29, 0.717) is 13.0 Å². The van der Waals surface area contributed by atoms with Crippen LogP contribution in [-0.4, -0.2) is 118 Å². The SMILES string of the molecule is CCCOC[C@H]1O[C@@H](O)[C@H](O)[C@@H](O)[C@H]1O[C@@H]1O[C@H](CO)[C@H](O)[C@H](O)[C@H]1NC(C)=O. The fourth-order valence-electron chi connectivity index (χ4n) is 3.31. The van der Waals surface area contributed by atoms with Crippen molar-refractivity contribution in [2.75, 3.05) is 19.8 Å². The lowest BCUT2D eigenvalue weighted by Gasteiger charge is -2.46. The first kappa shape index (κ1) is 24.3. The van der Waals surface area contributed by atoms with Crippen molar-refractivity contribution in [3.05, 3.63) is 0 Å². The zero-order chi connectivity index (χ0) is 21.7. The molecule has 12 nitrogen and oxygen atoms in total. The number of nitrogens with one attached hydrogen (secondary N) is 1. The van der Waals surface area contributed by atoms with Crippen molar-refractivity contribution in [3.8, 4) is 0 Å². The molecule has 0 spiro atoms. The maximum absolute atomic E-state index is 11.5. The van der Waals surface area contributed by atoms with Gasteiger partial charge in [-0.05, 0) is 6.42 Å². The number of hydrogen-bond donors (Lipinski definition) is 7. The van der Waals surface area contributed by atoms with Gasteiger partial charge in [-0.15, -0.1) is 0 Å². The number of carbonyl (C=O) groups excluding carboxylic acids is 1. The number of hydrogen-bond acceptors (Lipinski definition) is 11. The Hall–Kier alpha value is -0.930. The van der Waals surface area contributed by atoms with E-state index < -0.39 is 73.9 Å². The van der Waals surface area contributed by atoms with E-state index in [1.165, 1.54) is 6.92 Å². The van der Waals surface area contributed by atoms with Gasteiger partial charge in [-0.25, -0.2) is 0 Å². The van der Waals surface area contributed by atoms with Gasteiger partial charge in [0.15, 0.2) is 12.6 Å². The Morgan fingerprint density at radius 3 is 2.28 bits per heavy atom. The number of carbonyl (C=O) groups is 1. The zero-order valence-electron chi connectivity index (χ0n) is 16.3. The maximum Gasteiger partial charge on any atom is 0.217 e. The molecule has 10 atom stereocenters. The lowest BCUT2D eigenvalue weighted by atomic mass is 9.95. The Kier molecular flexibility index (Phi) is 9.15. The first-order chi connectivity index (χ1) is 13.7. The van der Waals surface area contributed by atoms with Crippen LogP contribution in [-0.2, 0) is 23.7 Å². The van der Waals surface area contributed by atoms with Crippen molar-refractivity contribution >= 4 is 5.91 Å². The highest BCUT2D eigenvalue weighted by molar-refractivity contribution is 5.73. The number of aliphatic hydroxyl groups excluding tert-OH is 6. The third-order valence-electron chi connectivity index (χ3n) is 4.83. The molecule has 0 aliphatic carbocycles. The minimum absolute atomic E-state index is 0.0779. The van der Waals surface area contributed by atoms with Crippen LogP contribution in [0.2, 0.25) is 0 Å². The minimum atomic E-state index is -1.69. The predicted molar refractivity (Wildman–Crippen MR) is 94.2 cm³/mol. The van der Waals surface area contributed by atoms with Crippen molar-refractivity contribution in [2.24, 2.45) is 0 Å². The molecule has 0 aromatic carbocycles. The summed E-state index contributed by atoms with van der Waals surface area (Å²) < 4.78 is 21.9. The molecule has 0 bridgehead atoms. The quantitative estimate of drug-likeness (QED) is 0.189. The minimum Gasteiger partial charge on any atom is -0.394 e. The number of rotatable bonds is 8. The molecule has 0 radical (unpaired) electrons. The van der Waals surface area contributed by atoms with Crippen LogP contribution in [0.5, 0.6) is 0 Å². The zero-order valence-corrected chi connectivity index (χ0v) is 16.3. The van der Waals surface area contributed by atoms with Crippen LogP contribution in [0.1, 0.15) is 20.3 Å². The Labute approximate surface area is 167 Å². The van der Waals surface area contributed by atoms with Gasteiger partial charge in [0.05, 0.1) is 13.2 Å². The normalized spacial score (nSPS) is 43.2. The molecular weight excluding hydrogens is 394 g/mol. The van der Waals surface area contributed by atoms with Crippen molar-refractivity contribution in [2.45, 2.75) is 81.6 Å². The summed E-state index contributed by atoms with van der Waals surface area (Å²) in [6.07, 6.45) is -12.2. The van der Waals surface area contributed by atoms with Gasteiger partial charge in [0.1, 0.15) is 48.8 Å². The second-order valence-electron chi connectivity index (χ2n) is 7.15. The van der Waals surface area contributed by atoms with Gasteiger partial charge >= 0.3 is 0 Å². The maximum atomic E-state index is 11.5. The Morgan fingerprint density at radius 2 is 1.69 bits per heavy atom. The molecule has 29 heavy (non-hydrogen) atoms. The van der Waals surface area contributed by atoms with E-state index in [0.717, 1.165) is 0 Å². The lowest BCUT2D eigenvalue weighted by molar-refractivity contribution is -0.342. The van der Waals surface area contributed by atoms with E-state index in [9.17, 15) is 35.4 Å². The third kappa shape index (κ3) is 5.82. The van der Waals surface area contributed by atoms with Crippen molar-refractivity contribution in [3.63, 3.8) is 0 Å². The molecule has 2 saturated heterocycles. The van der Waals surface area contributed by atoms with Gasteiger partial charge in [-0.1, -0.05) is 6.92 Å². The second kappa shape index (κ2) is 10.9. The Morgan fingerprint density at radius 1 is 1.00 bits per heavy atom. The monoisotopic (exact) mass is 425 g/mol. The smallest absolute Gasteiger partial charge is 0.217 e. The first-order valence-corrected chi connectivity index (χ1v) is 9.53. The van der Waals surface area contributed by atoms with Crippen LogP contribution in [0.4, 0.5) is 0 Å². The van der Waals surface area contributed by atoms with E-state index in [1.54, 1.807) is 0 Å². The van der Waals surface area contributed by atoms with Crippen LogP contribution in [0, 0.1) is 0 Å². The molecule has 2 rings (SSSR count). The van der Waals surface area contributed by atoms with Crippen LogP contribution < -0.4 is 5.32 Å². The summed E-state index contributed by atoms with van der Waals surface area (Å²) in [6, 6.07) is -1.24. The van der Waals surface area contributed by atoms with E-state index in [-0.39, 0.29) is 6.61 Å². The summed E-state index contributed by atoms with van der Waals surface area (Å²) >= 11 is 0. The summed E-state index contributed by atoms with van der Waals surface area (Å²) in [6.45, 7) is 2.74. The molecule has 2 aliphatic heterocycles. The van der Waals surface area contributed by atoms with Gasteiger partial charge in [0.2, 0.25) is 5.91 Å². The molecule has 0 aromatic heterocycles. The summed E-state index contributed by atoms with van der Waals surface area (Å²) in [4.78, 5) is 11.5. The fraction of sp³-hybridized carbons (Fsp3) is 0.941. The van der Waals surface area contributed by atoms with Crippen LogP contribution >= 0.6 is 0 Å². The molecule has 170 valence electrons. The van der Waals surface area contributed by atoms with Gasteiger partial charge in [-0.2, -0.15) is 0 Å². The Bertz CT molecular complexity index is 524. The molecule has 2 aliphatic rings. The van der Waals surface area contributed by atoms with Crippen molar-refractivity contribution in [1.82, 2.24) is 5.32 Å². The molecule has 2 fully saturated rings. The number of amides is 1. The average Bonchev–Trinajstić information content (AvgIpc) is 2.68. The summed E-state index contributed by atoms with van der Waals surface area (Å²) in [7, 11) is 0. The molecular formula is C17H31NO11. The molecule has 0 aromatic rings. The summed E-state index contributed by atoms with van der Waals surface area (Å²) in [5, 5.41) is 62.3. The van der Waals surface area contributed by atoms with E-state index >= 15 is 0 Å². The van der Waals surface area contributed by atoms with Gasteiger partial charge in [0, 0.05) is 13.5 Å². The van der Waals surface area contributed by atoms with Gasteiger partial charge in [-0.3, -0.25) is 4.79 Å². The van der Waals surface area contributed by atoms with Crippen molar-refractivity contribution in [1.29, 1.82) is 0 Å². The van der Waals surface area contributed by atoms with Crippen LogP contribution in [0.15, 0.2) is 0 Å². The third-order valence-corrected chi connectivity index (χ3v) is 4.83. The van der Waals surface area contributed by atoms with Gasteiger partial charge in [0.25, 0.3) is 0 Å². The highest BCUT2D eigenvalue weighted by Crippen LogP contribution is 2.29. The number of aliphatic hydroxyl groups is 6. The molecule has 2 heterocycles. The van der Waals surface area contributed by atoms with Crippen LogP contribution in [0.3, 0.4) is 0 Å². The lowest BCUT2D eigenvalue weighted by Crippen LogP contribution is -2.67. The molecule has 0 unspecified atom stereocenters.